The minimum absolute atomic E-state index is 0.138. The molecular formula is C9H16N2O2. The van der Waals surface area contributed by atoms with Gasteiger partial charge in [-0.05, 0) is 25.3 Å². The van der Waals surface area contributed by atoms with Gasteiger partial charge >= 0.3 is 5.97 Å². The van der Waals surface area contributed by atoms with Crippen LogP contribution in [0.15, 0.2) is 0 Å². The van der Waals surface area contributed by atoms with Crippen LogP contribution in [0.4, 0.5) is 0 Å². The fraction of sp³-hybridized carbons (Fsp3) is 0.889. The molecule has 0 spiro atoms. The van der Waals surface area contributed by atoms with Crippen LogP contribution >= 0.6 is 0 Å². The Morgan fingerprint density at radius 1 is 1.54 bits per heavy atom. The van der Waals surface area contributed by atoms with Crippen molar-refractivity contribution in [2.75, 3.05) is 13.1 Å². The van der Waals surface area contributed by atoms with Gasteiger partial charge in [0, 0.05) is 12.5 Å². The molecule has 13 heavy (non-hydrogen) atoms. The number of hydrogen-bond donors (Lipinski definition) is 3. The molecule has 0 aromatic rings. The molecule has 3 atom stereocenters. The molecule has 1 saturated carbocycles. The molecule has 4 nitrogen and oxygen atoms in total. The van der Waals surface area contributed by atoms with Crippen LogP contribution in [0.2, 0.25) is 0 Å². The molecule has 2 fully saturated rings. The molecular weight excluding hydrogens is 168 g/mol. The molecule has 74 valence electrons. The maximum absolute atomic E-state index is 11.1. The van der Waals surface area contributed by atoms with Crippen molar-refractivity contribution in [2.45, 2.75) is 24.8 Å². The average molecular weight is 184 g/mol. The van der Waals surface area contributed by atoms with Gasteiger partial charge in [0.1, 0.15) is 5.54 Å². The van der Waals surface area contributed by atoms with Gasteiger partial charge in [0.2, 0.25) is 0 Å². The smallest absolute Gasteiger partial charge is 0.324 e. The van der Waals surface area contributed by atoms with Gasteiger partial charge in [-0.15, -0.1) is 0 Å². The molecule has 0 bridgehead atoms. The van der Waals surface area contributed by atoms with E-state index in [1.165, 1.54) is 0 Å². The van der Waals surface area contributed by atoms with Crippen molar-refractivity contribution < 1.29 is 9.90 Å². The molecule has 0 amide bonds. The lowest BCUT2D eigenvalue weighted by Crippen LogP contribution is -2.58. The Bertz CT molecular complexity index is 232. The van der Waals surface area contributed by atoms with Crippen LogP contribution in [-0.2, 0) is 4.79 Å². The van der Waals surface area contributed by atoms with Crippen LogP contribution in [-0.4, -0.2) is 29.7 Å². The summed E-state index contributed by atoms with van der Waals surface area (Å²) in [5.74, 6) is -0.209. The molecule has 0 unspecified atom stereocenters. The summed E-state index contributed by atoms with van der Waals surface area (Å²) in [6, 6.07) is 0. The van der Waals surface area contributed by atoms with Gasteiger partial charge in [0.25, 0.3) is 0 Å². The number of carboxylic acids is 1. The standard InChI is InChI=1S/C9H16N2O2/c10-9(8(12)13)3-1-2-6-4-11-5-7(6)9/h6-7,11H,1-5,10H2,(H,12,13)/t6-,7+,9-/m0/s1. The first kappa shape index (κ1) is 8.97. The number of aliphatic carboxylic acids is 1. The highest BCUT2D eigenvalue weighted by Crippen LogP contribution is 2.38. The van der Waals surface area contributed by atoms with E-state index < -0.39 is 11.5 Å². The van der Waals surface area contributed by atoms with E-state index >= 15 is 0 Å². The van der Waals surface area contributed by atoms with Crippen LogP contribution in [0.25, 0.3) is 0 Å². The fourth-order valence-corrected chi connectivity index (χ4v) is 2.75. The van der Waals surface area contributed by atoms with E-state index in [-0.39, 0.29) is 5.92 Å². The van der Waals surface area contributed by atoms with Crippen molar-refractivity contribution in [2.24, 2.45) is 17.6 Å². The topological polar surface area (TPSA) is 75.4 Å². The predicted molar refractivity (Wildman–Crippen MR) is 48.3 cm³/mol. The minimum Gasteiger partial charge on any atom is -0.480 e. The van der Waals surface area contributed by atoms with Gasteiger partial charge in [-0.3, -0.25) is 4.79 Å². The molecule has 0 aromatic carbocycles. The van der Waals surface area contributed by atoms with E-state index in [1.807, 2.05) is 0 Å². The molecule has 4 N–H and O–H groups in total. The number of fused-ring (bicyclic) bond motifs is 1. The Labute approximate surface area is 77.5 Å². The highest BCUT2D eigenvalue weighted by atomic mass is 16.4. The maximum Gasteiger partial charge on any atom is 0.324 e. The van der Waals surface area contributed by atoms with E-state index in [0.717, 1.165) is 25.9 Å². The summed E-state index contributed by atoms with van der Waals surface area (Å²) in [7, 11) is 0. The molecule has 4 heteroatoms. The second kappa shape index (κ2) is 2.96. The van der Waals surface area contributed by atoms with Crippen molar-refractivity contribution in [3.8, 4) is 0 Å². The molecule has 2 aliphatic rings. The van der Waals surface area contributed by atoms with Crippen LogP contribution in [0.1, 0.15) is 19.3 Å². The van der Waals surface area contributed by atoms with Crippen LogP contribution < -0.4 is 11.1 Å². The highest BCUT2D eigenvalue weighted by molar-refractivity contribution is 5.79. The summed E-state index contributed by atoms with van der Waals surface area (Å²) in [5.41, 5.74) is 4.98. The average Bonchev–Trinajstić information content (AvgIpc) is 2.53. The quantitative estimate of drug-likeness (QED) is 0.527. The van der Waals surface area contributed by atoms with Gasteiger partial charge in [-0.2, -0.15) is 0 Å². The first-order valence-electron chi connectivity index (χ1n) is 4.87. The summed E-state index contributed by atoms with van der Waals surface area (Å²) >= 11 is 0. The molecule has 1 aliphatic heterocycles. The zero-order chi connectivity index (χ0) is 9.47. The molecule has 1 aliphatic carbocycles. The van der Waals surface area contributed by atoms with E-state index in [4.69, 9.17) is 10.8 Å². The van der Waals surface area contributed by atoms with E-state index in [2.05, 4.69) is 5.32 Å². The third-order valence-corrected chi connectivity index (χ3v) is 3.57. The third-order valence-electron chi connectivity index (χ3n) is 3.57. The van der Waals surface area contributed by atoms with Crippen molar-refractivity contribution in [3.05, 3.63) is 0 Å². The van der Waals surface area contributed by atoms with Crippen molar-refractivity contribution in [3.63, 3.8) is 0 Å². The number of carboxylic acid groups (broad SMARTS) is 1. The zero-order valence-electron chi connectivity index (χ0n) is 7.62. The number of hydrogen-bond acceptors (Lipinski definition) is 3. The highest BCUT2D eigenvalue weighted by Gasteiger charge is 2.49. The lowest BCUT2D eigenvalue weighted by Gasteiger charge is -2.38. The minimum atomic E-state index is -0.966. The fourth-order valence-electron chi connectivity index (χ4n) is 2.75. The Morgan fingerprint density at radius 2 is 2.31 bits per heavy atom. The Morgan fingerprint density at radius 3 is 3.00 bits per heavy atom. The Kier molecular flexibility index (Phi) is 2.04. The molecule has 2 rings (SSSR count). The second-order valence-electron chi connectivity index (χ2n) is 4.26. The maximum atomic E-state index is 11.1. The number of nitrogens with two attached hydrogens (primary N) is 1. The summed E-state index contributed by atoms with van der Waals surface area (Å²) in [6.45, 7) is 1.71. The number of rotatable bonds is 1. The summed E-state index contributed by atoms with van der Waals surface area (Å²) in [6.07, 6.45) is 2.71. The van der Waals surface area contributed by atoms with Gasteiger partial charge in [0.05, 0.1) is 0 Å². The predicted octanol–water partition coefficient (Wildman–Crippen LogP) is -0.212. The van der Waals surface area contributed by atoms with Gasteiger partial charge in [-0.25, -0.2) is 0 Å². The van der Waals surface area contributed by atoms with Gasteiger partial charge in [-0.1, -0.05) is 6.42 Å². The SMILES string of the molecule is N[C@@]1(C(=O)O)CCC[C@H]2CNC[C@H]21. The lowest BCUT2D eigenvalue weighted by molar-refractivity contribution is -0.147. The monoisotopic (exact) mass is 184 g/mol. The van der Waals surface area contributed by atoms with E-state index in [9.17, 15) is 4.79 Å². The summed E-state index contributed by atoms with van der Waals surface area (Å²) in [4.78, 5) is 11.1. The van der Waals surface area contributed by atoms with Crippen molar-refractivity contribution >= 4 is 5.97 Å². The first-order chi connectivity index (χ1) is 6.14. The molecule has 0 aromatic heterocycles. The number of carbonyl (C=O) groups is 1. The largest absolute Gasteiger partial charge is 0.480 e. The normalized spacial score (nSPS) is 44.4. The van der Waals surface area contributed by atoms with Gasteiger partial charge < -0.3 is 16.2 Å². The van der Waals surface area contributed by atoms with Crippen molar-refractivity contribution in [1.29, 1.82) is 0 Å². The zero-order valence-corrected chi connectivity index (χ0v) is 7.62. The first-order valence-corrected chi connectivity index (χ1v) is 4.87. The molecule has 0 radical (unpaired) electrons. The number of nitrogens with one attached hydrogen (secondary N) is 1. The van der Waals surface area contributed by atoms with Gasteiger partial charge in [0.15, 0.2) is 0 Å². The Balaban J connectivity index is 2.22. The third kappa shape index (κ3) is 1.25. The summed E-state index contributed by atoms with van der Waals surface area (Å²) < 4.78 is 0. The van der Waals surface area contributed by atoms with Crippen molar-refractivity contribution in [1.82, 2.24) is 5.32 Å². The lowest BCUT2D eigenvalue weighted by atomic mass is 9.69. The summed E-state index contributed by atoms with van der Waals surface area (Å²) in [5, 5.41) is 12.3. The Hall–Kier alpha value is -0.610. The molecule has 1 saturated heterocycles. The van der Waals surface area contributed by atoms with Crippen LogP contribution in [0.5, 0.6) is 0 Å². The van der Waals surface area contributed by atoms with E-state index in [1.54, 1.807) is 0 Å². The second-order valence-corrected chi connectivity index (χ2v) is 4.26. The van der Waals surface area contributed by atoms with Crippen LogP contribution in [0.3, 0.4) is 0 Å². The van der Waals surface area contributed by atoms with E-state index in [0.29, 0.717) is 12.3 Å². The molecule has 1 heterocycles. The van der Waals surface area contributed by atoms with Crippen LogP contribution in [0, 0.1) is 11.8 Å².